The number of carbonyl (C=O) groups excluding carboxylic acids is 2. The third-order valence-electron chi connectivity index (χ3n) is 4.89. The normalized spacial score (nSPS) is 39.0. The molecule has 4 rings (SSSR count). The molecule has 2 saturated heterocycles. The third kappa shape index (κ3) is 1.51. The van der Waals surface area contributed by atoms with Crippen molar-refractivity contribution in [1.82, 2.24) is 0 Å². The van der Waals surface area contributed by atoms with Crippen LogP contribution in [0.25, 0.3) is 0 Å². The molecule has 1 aromatic carbocycles. The lowest BCUT2D eigenvalue weighted by Gasteiger charge is -2.26. The number of hydrogen-bond donors (Lipinski definition) is 1. The van der Waals surface area contributed by atoms with E-state index in [1.54, 1.807) is 43.3 Å². The van der Waals surface area contributed by atoms with Crippen LogP contribution in [0.3, 0.4) is 0 Å². The second kappa shape index (κ2) is 4.19. The largest absolute Gasteiger partial charge is 0.393 e. The van der Waals surface area contributed by atoms with Crippen LogP contribution in [0.1, 0.15) is 6.92 Å². The molecule has 114 valence electrons. The molecular formula is C16H14ClNO4. The van der Waals surface area contributed by atoms with Crippen LogP contribution in [0.4, 0.5) is 5.69 Å². The van der Waals surface area contributed by atoms with Crippen LogP contribution in [-0.2, 0) is 14.3 Å². The average molecular weight is 320 g/mol. The monoisotopic (exact) mass is 319 g/mol. The van der Waals surface area contributed by atoms with Crippen molar-refractivity contribution in [3.8, 4) is 0 Å². The fraction of sp³-hybridized carbons (Fsp3) is 0.375. The highest BCUT2D eigenvalue weighted by Crippen LogP contribution is 2.57. The molecule has 2 bridgehead atoms. The fourth-order valence-electron chi connectivity index (χ4n) is 3.89. The number of carbonyl (C=O) groups is 2. The zero-order valence-electron chi connectivity index (χ0n) is 11.8. The summed E-state index contributed by atoms with van der Waals surface area (Å²) in [6, 6.07) is 6.56. The molecule has 22 heavy (non-hydrogen) atoms. The number of hydrogen-bond acceptors (Lipinski definition) is 4. The standard InChI is InChI=1S/C16H14ClNO4/c1-15-6-7-16(8-19,22-15)12-11(15)13(20)18(14(12)21)10-4-2-9(17)3-5-10/h2-7,11-12,19H,8H2,1H3/t11-,12+,15+,16+/m1/s1. The molecule has 0 aliphatic carbocycles. The number of imide groups is 1. The molecule has 2 amide bonds. The molecule has 3 aliphatic rings. The Bertz CT molecular complexity index is 715. The summed E-state index contributed by atoms with van der Waals surface area (Å²) < 4.78 is 5.86. The minimum atomic E-state index is -1.09. The molecule has 3 heterocycles. The van der Waals surface area contributed by atoms with Gasteiger partial charge in [-0.2, -0.15) is 0 Å². The zero-order valence-corrected chi connectivity index (χ0v) is 12.6. The van der Waals surface area contributed by atoms with Crippen LogP contribution in [-0.4, -0.2) is 34.7 Å². The summed E-state index contributed by atoms with van der Waals surface area (Å²) in [5, 5.41) is 10.3. The maximum absolute atomic E-state index is 12.8. The van der Waals surface area contributed by atoms with Crippen molar-refractivity contribution in [2.75, 3.05) is 11.5 Å². The molecule has 6 heteroatoms. The summed E-state index contributed by atoms with van der Waals surface area (Å²) in [5.41, 5.74) is -1.45. The van der Waals surface area contributed by atoms with Crippen LogP contribution < -0.4 is 4.90 Å². The first kappa shape index (κ1) is 13.9. The predicted molar refractivity (Wildman–Crippen MR) is 79.4 cm³/mol. The molecule has 2 fully saturated rings. The van der Waals surface area contributed by atoms with Crippen molar-refractivity contribution in [1.29, 1.82) is 0 Å². The molecule has 0 spiro atoms. The van der Waals surface area contributed by atoms with Gasteiger partial charge in [-0.3, -0.25) is 9.59 Å². The van der Waals surface area contributed by atoms with Crippen LogP contribution in [0.5, 0.6) is 0 Å². The van der Waals surface area contributed by atoms with E-state index in [2.05, 4.69) is 0 Å². The maximum atomic E-state index is 12.8. The van der Waals surface area contributed by atoms with Crippen molar-refractivity contribution in [3.63, 3.8) is 0 Å². The Kier molecular flexibility index (Phi) is 2.65. The minimum Gasteiger partial charge on any atom is -0.393 e. The van der Waals surface area contributed by atoms with Gasteiger partial charge < -0.3 is 9.84 Å². The number of fused-ring (bicyclic) bond motifs is 5. The number of benzene rings is 1. The van der Waals surface area contributed by atoms with Crippen LogP contribution in [0.2, 0.25) is 5.02 Å². The number of nitrogens with zero attached hydrogens (tertiary/aromatic N) is 1. The second-order valence-electron chi connectivity index (χ2n) is 6.18. The first-order valence-corrected chi connectivity index (χ1v) is 7.44. The molecule has 3 aliphatic heterocycles. The van der Waals surface area contributed by atoms with E-state index in [9.17, 15) is 14.7 Å². The fourth-order valence-corrected chi connectivity index (χ4v) is 4.01. The summed E-state index contributed by atoms with van der Waals surface area (Å²) in [7, 11) is 0. The van der Waals surface area contributed by atoms with Gasteiger partial charge in [0.25, 0.3) is 0 Å². The van der Waals surface area contributed by atoms with Crippen molar-refractivity contribution in [2.45, 2.75) is 18.1 Å². The Balaban J connectivity index is 1.80. The lowest BCUT2D eigenvalue weighted by atomic mass is 9.73. The Morgan fingerprint density at radius 1 is 1.18 bits per heavy atom. The molecule has 0 saturated carbocycles. The Labute approximate surface area is 132 Å². The number of halogens is 1. The summed E-state index contributed by atoms with van der Waals surface area (Å²) in [5.74, 6) is -1.91. The van der Waals surface area contributed by atoms with Gasteiger partial charge >= 0.3 is 0 Å². The molecule has 1 aromatic rings. The van der Waals surface area contributed by atoms with Crippen molar-refractivity contribution >= 4 is 29.1 Å². The van der Waals surface area contributed by atoms with Gasteiger partial charge in [0.2, 0.25) is 11.8 Å². The first-order chi connectivity index (χ1) is 10.4. The highest BCUT2D eigenvalue weighted by atomic mass is 35.5. The van der Waals surface area contributed by atoms with Crippen LogP contribution in [0.15, 0.2) is 36.4 Å². The number of aliphatic hydroxyl groups is 1. The Hall–Kier alpha value is -1.69. The van der Waals surface area contributed by atoms with E-state index in [1.165, 1.54) is 4.90 Å². The van der Waals surface area contributed by atoms with Gasteiger partial charge in [-0.05, 0) is 31.2 Å². The van der Waals surface area contributed by atoms with E-state index in [4.69, 9.17) is 16.3 Å². The maximum Gasteiger partial charge on any atom is 0.241 e. The van der Waals surface area contributed by atoms with E-state index in [0.717, 1.165) is 0 Å². The van der Waals surface area contributed by atoms with Crippen LogP contribution >= 0.6 is 11.6 Å². The highest BCUT2D eigenvalue weighted by molar-refractivity contribution is 6.31. The quantitative estimate of drug-likeness (QED) is 0.663. The van der Waals surface area contributed by atoms with Gasteiger partial charge in [0.15, 0.2) is 0 Å². The number of ether oxygens (including phenoxy) is 1. The third-order valence-corrected chi connectivity index (χ3v) is 5.14. The number of aliphatic hydroxyl groups excluding tert-OH is 1. The highest BCUT2D eigenvalue weighted by Gasteiger charge is 2.72. The van der Waals surface area contributed by atoms with E-state index in [0.29, 0.717) is 10.7 Å². The molecule has 5 nitrogen and oxygen atoms in total. The molecule has 0 aromatic heterocycles. The summed E-state index contributed by atoms with van der Waals surface area (Å²) in [6.45, 7) is 1.45. The smallest absolute Gasteiger partial charge is 0.241 e. The average Bonchev–Trinajstić information content (AvgIpc) is 3.07. The SMILES string of the molecule is C[C@@]12C=C[C@@](CO)(O1)[C@@H]1C(=O)N(c3ccc(Cl)cc3)C(=O)[C@@H]12. The number of anilines is 1. The lowest BCUT2D eigenvalue weighted by molar-refractivity contribution is -0.131. The summed E-state index contributed by atoms with van der Waals surface area (Å²) >= 11 is 5.86. The van der Waals surface area contributed by atoms with Gasteiger partial charge in [-0.1, -0.05) is 23.8 Å². The van der Waals surface area contributed by atoms with Gasteiger partial charge in [-0.15, -0.1) is 0 Å². The van der Waals surface area contributed by atoms with Crippen molar-refractivity contribution in [3.05, 3.63) is 41.4 Å². The molecular weight excluding hydrogens is 306 g/mol. The zero-order chi connectivity index (χ0) is 15.7. The lowest BCUT2D eigenvalue weighted by Crippen LogP contribution is -2.43. The van der Waals surface area contributed by atoms with Gasteiger partial charge in [0.05, 0.1) is 29.7 Å². The summed E-state index contributed by atoms with van der Waals surface area (Å²) in [4.78, 5) is 26.8. The van der Waals surface area contributed by atoms with Gasteiger partial charge in [0.1, 0.15) is 5.60 Å². The minimum absolute atomic E-state index is 0.292. The molecule has 1 N–H and O–H groups in total. The predicted octanol–water partition coefficient (Wildman–Crippen LogP) is 1.54. The van der Waals surface area contributed by atoms with Crippen molar-refractivity contribution < 1.29 is 19.4 Å². The molecule has 0 unspecified atom stereocenters. The topological polar surface area (TPSA) is 66.8 Å². The Morgan fingerprint density at radius 3 is 2.45 bits per heavy atom. The van der Waals surface area contributed by atoms with Crippen molar-refractivity contribution in [2.24, 2.45) is 11.8 Å². The van der Waals surface area contributed by atoms with E-state index < -0.39 is 23.0 Å². The first-order valence-electron chi connectivity index (χ1n) is 7.07. The molecule has 4 atom stereocenters. The van der Waals surface area contributed by atoms with Crippen LogP contribution in [0, 0.1) is 11.8 Å². The van der Waals surface area contributed by atoms with E-state index >= 15 is 0 Å². The summed E-state index contributed by atoms with van der Waals surface area (Å²) in [6.07, 6.45) is 3.49. The van der Waals surface area contributed by atoms with E-state index in [1.807, 2.05) is 0 Å². The number of amides is 2. The van der Waals surface area contributed by atoms with E-state index in [-0.39, 0.29) is 18.4 Å². The second-order valence-corrected chi connectivity index (χ2v) is 6.61. The van der Waals surface area contributed by atoms with Gasteiger partial charge in [-0.25, -0.2) is 4.90 Å². The molecule has 0 radical (unpaired) electrons. The Morgan fingerprint density at radius 2 is 1.82 bits per heavy atom. The van der Waals surface area contributed by atoms with Gasteiger partial charge in [0, 0.05) is 5.02 Å². The number of rotatable bonds is 2.